The number of rotatable bonds is 3. The molecule has 0 aromatic carbocycles. The molecule has 0 aromatic rings. The number of methoxy groups -OCH3 is 1. The third kappa shape index (κ3) is 2.27. The zero-order valence-electron chi connectivity index (χ0n) is 7.51. The lowest BCUT2D eigenvalue weighted by atomic mass is 9.92. The smallest absolute Gasteiger partial charge is 0.0883 e. The second-order valence-electron chi connectivity index (χ2n) is 3.50. The molecule has 0 aromatic heterocycles. The maximum Gasteiger partial charge on any atom is 0.0883 e. The van der Waals surface area contributed by atoms with Crippen LogP contribution in [-0.2, 0) is 4.74 Å². The number of ether oxygens (including phenoxy) is 1. The fourth-order valence-electron chi connectivity index (χ4n) is 0.923. The molecule has 0 spiro atoms. The molecule has 0 saturated heterocycles. The maximum atomic E-state index is 9.53. The van der Waals surface area contributed by atoms with E-state index in [1.807, 2.05) is 27.7 Å². The predicted octanol–water partition coefficient (Wildman–Crippen LogP) is 1.43. The Morgan fingerprint density at radius 2 is 1.70 bits per heavy atom. The Morgan fingerprint density at radius 3 is 1.80 bits per heavy atom. The lowest BCUT2D eigenvalue weighted by Gasteiger charge is -2.31. The Hall–Kier alpha value is -0.0800. The van der Waals surface area contributed by atoms with Crippen molar-refractivity contribution in [1.29, 1.82) is 0 Å². The van der Waals surface area contributed by atoms with E-state index in [4.69, 9.17) is 4.74 Å². The average molecular weight is 146 g/mol. The molecule has 1 unspecified atom stereocenters. The van der Waals surface area contributed by atoms with Crippen LogP contribution in [0.2, 0.25) is 0 Å². The summed E-state index contributed by atoms with van der Waals surface area (Å²) >= 11 is 0. The van der Waals surface area contributed by atoms with Gasteiger partial charge in [-0.3, -0.25) is 0 Å². The molecule has 0 amide bonds. The Morgan fingerprint density at radius 1 is 1.30 bits per heavy atom. The van der Waals surface area contributed by atoms with Gasteiger partial charge in [-0.05, 0) is 19.8 Å². The Bertz CT molecular complexity index is 97.4. The normalized spacial score (nSPS) is 15.9. The van der Waals surface area contributed by atoms with E-state index in [0.717, 1.165) is 0 Å². The fraction of sp³-hybridized carbons (Fsp3) is 1.00. The summed E-state index contributed by atoms with van der Waals surface area (Å²) in [6, 6.07) is 0. The van der Waals surface area contributed by atoms with E-state index < -0.39 is 11.7 Å². The van der Waals surface area contributed by atoms with Crippen molar-refractivity contribution in [2.75, 3.05) is 7.11 Å². The summed E-state index contributed by atoms with van der Waals surface area (Å²) in [6.45, 7) is 7.73. The highest BCUT2D eigenvalue weighted by molar-refractivity contribution is 4.80. The third-order valence-corrected chi connectivity index (χ3v) is 1.87. The van der Waals surface area contributed by atoms with Gasteiger partial charge in [-0.2, -0.15) is 0 Å². The molecule has 0 rings (SSSR count). The monoisotopic (exact) mass is 146 g/mol. The molecular weight excluding hydrogens is 128 g/mol. The minimum atomic E-state index is -0.422. The van der Waals surface area contributed by atoms with Gasteiger partial charge in [-0.25, -0.2) is 0 Å². The van der Waals surface area contributed by atoms with Crippen molar-refractivity contribution in [2.24, 2.45) is 5.92 Å². The lowest BCUT2D eigenvalue weighted by molar-refractivity contribution is -0.0952. The van der Waals surface area contributed by atoms with Crippen molar-refractivity contribution in [3.63, 3.8) is 0 Å². The zero-order valence-corrected chi connectivity index (χ0v) is 7.51. The summed E-state index contributed by atoms with van der Waals surface area (Å²) in [7, 11) is 1.62. The summed E-state index contributed by atoms with van der Waals surface area (Å²) in [6.07, 6.45) is -0.391. The predicted molar refractivity (Wildman–Crippen MR) is 41.9 cm³/mol. The van der Waals surface area contributed by atoms with Crippen LogP contribution in [-0.4, -0.2) is 23.9 Å². The summed E-state index contributed by atoms with van der Waals surface area (Å²) < 4.78 is 5.11. The van der Waals surface area contributed by atoms with Gasteiger partial charge in [0.15, 0.2) is 0 Å². The summed E-state index contributed by atoms with van der Waals surface area (Å²) in [5.41, 5.74) is -0.422. The van der Waals surface area contributed by atoms with Crippen molar-refractivity contribution >= 4 is 0 Å². The van der Waals surface area contributed by atoms with Gasteiger partial charge in [0.05, 0.1) is 11.7 Å². The van der Waals surface area contributed by atoms with Crippen LogP contribution in [0.1, 0.15) is 27.7 Å². The molecule has 1 atom stereocenters. The van der Waals surface area contributed by atoms with Crippen LogP contribution in [0.4, 0.5) is 0 Å². The van der Waals surface area contributed by atoms with Gasteiger partial charge in [-0.15, -0.1) is 0 Å². The standard InChI is InChI=1S/C8H18O2/c1-6(2)7(9)8(3,4)10-5/h6-7,9H,1-5H3. The zero-order chi connectivity index (χ0) is 8.36. The molecule has 10 heavy (non-hydrogen) atoms. The minimum absolute atomic E-state index is 0.245. The molecule has 0 saturated carbocycles. The van der Waals surface area contributed by atoms with E-state index in [1.165, 1.54) is 0 Å². The highest BCUT2D eigenvalue weighted by Gasteiger charge is 2.29. The second kappa shape index (κ2) is 3.35. The first kappa shape index (κ1) is 9.92. The van der Waals surface area contributed by atoms with Gasteiger partial charge in [0.2, 0.25) is 0 Å². The van der Waals surface area contributed by atoms with Crippen LogP contribution in [0.25, 0.3) is 0 Å². The molecule has 1 N–H and O–H groups in total. The summed E-state index contributed by atoms with van der Waals surface area (Å²) in [4.78, 5) is 0. The Balaban J connectivity index is 4.03. The largest absolute Gasteiger partial charge is 0.390 e. The quantitative estimate of drug-likeness (QED) is 0.652. The number of hydrogen-bond donors (Lipinski definition) is 1. The molecular formula is C8H18O2. The van der Waals surface area contributed by atoms with Gasteiger partial charge in [0.25, 0.3) is 0 Å². The lowest BCUT2D eigenvalue weighted by Crippen LogP contribution is -2.41. The van der Waals surface area contributed by atoms with Gasteiger partial charge in [-0.1, -0.05) is 13.8 Å². The van der Waals surface area contributed by atoms with Crippen LogP contribution in [0, 0.1) is 5.92 Å². The molecule has 0 heterocycles. The van der Waals surface area contributed by atoms with Crippen LogP contribution in [0.15, 0.2) is 0 Å². The van der Waals surface area contributed by atoms with Crippen molar-refractivity contribution in [3.05, 3.63) is 0 Å². The molecule has 2 nitrogen and oxygen atoms in total. The van der Waals surface area contributed by atoms with E-state index >= 15 is 0 Å². The van der Waals surface area contributed by atoms with Gasteiger partial charge in [0.1, 0.15) is 0 Å². The molecule has 0 aliphatic carbocycles. The molecule has 0 aliphatic heterocycles. The van der Waals surface area contributed by atoms with Gasteiger partial charge < -0.3 is 9.84 Å². The third-order valence-electron chi connectivity index (χ3n) is 1.87. The van der Waals surface area contributed by atoms with Crippen LogP contribution >= 0.6 is 0 Å². The van der Waals surface area contributed by atoms with Crippen molar-refractivity contribution < 1.29 is 9.84 Å². The van der Waals surface area contributed by atoms with Crippen molar-refractivity contribution in [3.8, 4) is 0 Å². The van der Waals surface area contributed by atoms with E-state index in [9.17, 15) is 5.11 Å². The minimum Gasteiger partial charge on any atom is -0.390 e. The van der Waals surface area contributed by atoms with E-state index in [0.29, 0.717) is 0 Å². The number of aliphatic hydroxyl groups is 1. The molecule has 0 aliphatic rings. The first-order valence-electron chi connectivity index (χ1n) is 3.65. The van der Waals surface area contributed by atoms with Crippen molar-refractivity contribution in [2.45, 2.75) is 39.4 Å². The number of aliphatic hydroxyl groups excluding tert-OH is 1. The van der Waals surface area contributed by atoms with Crippen LogP contribution in [0.3, 0.4) is 0 Å². The highest BCUT2D eigenvalue weighted by atomic mass is 16.5. The van der Waals surface area contributed by atoms with Crippen LogP contribution in [0.5, 0.6) is 0 Å². The highest BCUT2D eigenvalue weighted by Crippen LogP contribution is 2.19. The second-order valence-corrected chi connectivity index (χ2v) is 3.50. The first-order valence-corrected chi connectivity index (χ1v) is 3.65. The average Bonchev–Trinajstić information content (AvgIpc) is 1.86. The maximum absolute atomic E-state index is 9.53. The molecule has 2 heteroatoms. The van der Waals surface area contributed by atoms with Gasteiger partial charge >= 0.3 is 0 Å². The number of hydrogen-bond acceptors (Lipinski definition) is 2. The van der Waals surface area contributed by atoms with Crippen LogP contribution < -0.4 is 0 Å². The molecule has 0 fully saturated rings. The fourth-order valence-corrected chi connectivity index (χ4v) is 0.923. The van der Waals surface area contributed by atoms with E-state index in [1.54, 1.807) is 7.11 Å². The first-order chi connectivity index (χ1) is 4.41. The summed E-state index contributed by atoms with van der Waals surface area (Å²) in [5, 5.41) is 9.53. The SMILES string of the molecule is COC(C)(C)C(O)C(C)C. The van der Waals surface area contributed by atoms with Crippen molar-refractivity contribution in [1.82, 2.24) is 0 Å². The van der Waals surface area contributed by atoms with E-state index in [2.05, 4.69) is 0 Å². The van der Waals surface area contributed by atoms with Gasteiger partial charge in [0, 0.05) is 7.11 Å². The molecule has 0 bridgehead atoms. The molecule has 0 radical (unpaired) electrons. The summed E-state index contributed by atoms with van der Waals surface area (Å²) in [5.74, 6) is 0.245. The Labute approximate surface area is 63.2 Å². The Kier molecular flexibility index (Phi) is 3.33. The molecule has 62 valence electrons. The van der Waals surface area contributed by atoms with E-state index in [-0.39, 0.29) is 5.92 Å². The topological polar surface area (TPSA) is 29.5 Å².